The van der Waals surface area contributed by atoms with Gasteiger partial charge in [0.25, 0.3) is 5.91 Å². The molecule has 1 aromatic heterocycles. The molecular formula is C17H22N4O. The molecular weight excluding hydrogens is 276 g/mol. The summed E-state index contributed by atoms with van der Waals surface area (Å²) in [6.07, 6.45) is 4.42. The van der Waals surface area contributed by atoms with Crippen LogP contribution >= 0.6 is 0 Å². The number of nitrogens with one attached hydrogen (secondary N) is 2. The Kier molecular flexibility index (Phi) is 5.89. The molecule has 116 valence electrons. The molecule has 5 heteroatoms. The predicted molar refractivity (Wildman–Crippen MR) is 88.4 cm³/mol. The van der Waals surface area contributed by atoms with Gasteiger partial charge in [-0.25, -0.2) is 9.97 Å². The highest BCUT2D eigenvalue weighted by molar-refractivity contribution is 5.92. The smallest absolute Gasteiger partial charge is 0.270 e. The third-order valence-corrected chi connectivity index (χ3v) is 3.35. The molecule has 22 heavy (non-hydrogen) atoms. The van der Waals surface area contributed by atoms with Crippen LogP contribution in [-0.4, -0.2) is 22.4 Å². The standard InChI is InChI=1S/C17H22N4O/c1-3-5-10-18-17(22)15-11-16(20-12-19-15)21-14-8-6-13(4-2)7-9-14/h6-9,11-12H,3-5,10H2,1-2H3,(H,18,22)(H,19,20,21). The first-order chi connectivity index (χ1) is 10.7. The quantitative estimate of drug-likeness (QED) is 0.770. The van der Waals surface area contributed by atoms with Gasteiger partial charge in [-0.05, 0) is 30.5 Å². The summed E-state index contributed by atoms with van der Waals surface area (Å²) < 4.78 is 0. The number of anilines is 2. The van der Waals surface area contributed by atoms with Crippen LogP contribution in [0.25, 0.3) is 0 Å². The van der Waals surface area contributed by atoms with Crippen molar-refractivity contribution in [1.82, 2.24) is 15.3 Å². The van der Waals surface area contributed by atoms with Crippen LogP contribution in [0.3, 0.4) is 0 Å². The molecule has 0 atom stereocenters. The van der Waals surface area contributed by atoms with Gasteiger partial charge in [-0.15, -0.1) is 0 Å². The second-order valence-electron chi connectivity index (χ2n) is 5.07. The van der Waals surface area contributed by atoms with E-state index in [2.05, 4.69) is 46.6 Å². The van der Waals surface area contributed by atoms with Crippen LogP contribution in [0.15, 0.2) is 36.7 Å². The van der Waals surface area contributed by atoms with Crippen LogP contribution in [0.2, 0.25) is 0 Å². The monoisotopic (exact) mass is 298 g/mol. The molecule has 0 aliphatic rings. The van der Waals surface area contributed by atoms with E-state index in [0.717, 1.165) is 24.9 Å². The molecule has 1 amide bonds. The molecule has 0 spiro atoms. The third kappa shape index (κ3) is 4.55. The van der Waals surface area contributed by atoms with Crippen LogP contribution in [0.5, 0.6) is 0 Å². The minimum atomic E-state index is -0.166. The first kappa shape index (κ1) is 15.9. The van der Waals surface area contributed by atoms with Crippen molar-refractivity contribution in [2.24, 2.45) is 0 Å². The molecule has 0 fully saturated rings. The van der Waals surface area contributed by atoms with Gasteiger partial charge in [-0.2, -0.15) is 0 Å². The summed E-state index contributed by atoms with van der Waals surface area (Å²) in [7, 11) is 0. The summed E-state index contributed by atoms with van der Waals surface area (Å²) in [5.74, 6) is 0.445. The molecule has 1 heterocycles. The van der Waals surface area contributed by atoms with E-state index in [-0.39, 0.29) is 5.91 Å². The van der Waals surface area contributed by atoms with E-state index < -0.39 is 0 Å². The summed E-state index contributed by atoms with van der Waals surface area (Å²) in [4.78, 5) is 20.2. The number of hydrogen-bond donors (Lipinski definition) is 2. The molecule has 2 aromatic rings. The van der Waals surface area contributed by atoms with Crippen molar-refractivity contribution in [2.45, 2.75) is 33.1 Å². The van der Waals surface area contributed by atoms with E-state index in [9.17, 15) is 4.79 Å². The largest absolute Gasteiger partial charge is 0.351 e. The lowest BCUT2D eigenvalue weighted by atomic mass is 10.1. The summed E-state index contributed by atoms with van der Waals surface area (Å²) in [6.45, 7) is 4.87. The number of unbranched alkanes of at least 4 members (excludes halogenated alkanes) is 1. The number of aryl methyl sites for hydroxylation is 1. The van der Waals surface area contributed by atoms with Gasteiger partial charge in [-0.1, -0.05) is 32.4 Å². The number of benzene rings is 1. The molecule has 0 saturated carbocycles. The van der Waals surface area contributed by atoms with Crippen molar-refractivity contribution < 1.29 is 4.79 Å². The van der Waals surface area contributed by atoms with Crippen LogP contribution in [0, 0.1) is 0 Å². The van der Waals surface area contributed by atoms with E-state index in [1.807, 2.05) is 12.1 Å². The maximum atomic E-state index is 12.0. The zero-order valence-corrected chi connectivity index (χ0v) is 13.1. The third-order valence-electron chi connectivity index (χ3n) is 3.35. The van der Waals surface area contributed by atoms with E-state index in [1.165, 1.54) is 11.9 Å². The van der Waals surface area contributed by atoms with Crippen molar-refractivity contribution in [2.75, 3.05) is 11.9 Å². The topological polar surface area (TPSA) is 66.9 Å². The fraction of sp³-hybridized carbons (Fsp3) is 0.353. The van der Waals surface area contributed by atoms with Gasteiger partial charge in [-0.3, -0.25) is 4.79 Å². The number of rotatable bonds is 7. The Labute approximate surface area is 131 Å². The van der Waals surface area contributed by atoms with Gasteiger partial charge in [0.15, 0.2) is 0 Å². The normalized spacial score (nSPS) is 10.3. The zero-order valence-electron chi connectivity index (χ0n) is 13.1. The van der Waals surface area contributed by atoms with Crippen LogP contribution < -0.4 is 10.6 Å². The zero-order chi connectivity index (χ0) is 15.8. The van der Waals surface area contributed by atoms with Gasteiger partial charge >= 0.3 is 0 Å². The number of nitrogens with zero attached hydrogens (tertiary/aromatic N) is 2. The predicted octanol–water partition coefficient (Wildman–Crippen LogP) is 3.31. The van der Waals surface area contributed by atoms with Crippen LogP contribution in [0.1, 0.15) is 42.7 Å². The molecule has 0 bridgehead atoms. The highest BCUT2D eigenvalue weighted by Crippen LogP contribution is 2.15. The van der Waals surface area contributed by atoms with Crippen molar-refractivity contribution >= 4 is 17.4 Å². The van der Waals surface area contributed by atoms with Gasteiger partial charge < -0.3 is 10.6 Å². The van der Waals surface area contributed by atoms with Gasteiger partial charge in [0, 0.05) is 18.3 Å². The number of aromatic nitrogens is 2. The van der Waals surface area contributed by atoms with Gasteiger partial charge in [0.2, 0.25) is 0 Å². The summed E-state index contributed by atoms with van der Waals surface area (Å²) >= 11 is 0. The molecule has 0 aliphatic carbocycles. The van der Waals surface area contributed by atoms with Crippen LogP contribution in [0.4, 0.5) is 11.5 Å². The SMILES string of the molecule is CCCCNC(=O)c1cc(Nc2ccc(CC)cc2)ncn1. The summed E-state index contributed by atoms with van der Waals surface area (Å²) in [6, 6.07) is 9.81. The fourth-order valence-corrected chi connectivity index (χ4v) is 1.99. The van der Waals surface area contributed by atoms with E-state index in [4.69, 9.17) is 0 Å². The van der Waals surface area contributed by atoms with Crippen LogP contribution in [-0.2, 0) is 6.42 Å². The van der Waals surface area contributed by atoms with Crippen molar-refractivity contribution in [3.63, 3.8) is 0 Å². The van der Waals surface area contributed by atoms with Crippen molar-refractivity contribution in [3.05, 3.63) is 47.9 Å². The number of carbonyl (C=O) groups is 1. The maximum absolute atomic E-state index is 12.0. The average molecular weight is 298 g/mol. The van der Waals surface area contributed by atoms with Gasteiger partial charge in [0.1, 0.15) is 17.8 Å². The summed E-state index contributed by atoms with van der Waals surface area (Å²) in [5, 5.41) is 6.04. The molecule has 0 radical (unpaired) electrons. The Morgan fingerprint density at radius 3 is 2.59 bits per heavy atom. The second kappa shape index (κ2) is 8.12. The van der Waals surface area contributed by atoms with Crippen molar-refractivity contribution in [1.29, 1.82) is 0 Å². The Morgan fingerprint density at radius 2 is 1.91 bits per heavy atom. The molecule has 2 N–H and O–H groups in total. The van der Waals surface area contributed by atoms with Crippen molar-refractivity contribution in [3.8, 4) is 0 Å². The Bertz CT molecular complexity index is 610. The van der Waals surface area contributed by atoms with Gasteiger partial charge in [0.05, 0.1) is 0 Å². The molecule has 5 nitrogen and oxygen atoms in total. The number of hydrogen-bond acceptors (Lipinski definition) is 4. The summed E-state index contributed by atoms with van der Waals surface area (Å²) in [5.41, 5.74) is 2.59. The molecule has 1 aromatic carbocycles. The fourth-order valence-electron chi connectivity index (χ4n) is 1.99. The lowest BCUT2D eigenvalue weighted by Crippen LogP contribution is -2.25. The molecule has 0 aliphatic heterocycles. The maximum Gasteiger partial charge on any atom is 0.270 e. The van der Waals surface area contributed by atoms with E-state index >= 15 is 0 Å². The van der Waals surface area contributed by atoms with E-state index in [0.29, 0.717) is 18.1 Å². The highest BCUT2D eigenvalue weighted by atomic mass is 16.1. The first-order valence-corrected chi connectivity index (χ1v) is 7.69. The Balaban J connectivity index is 2.02. The second-order valence-corrected chi connectivity index (χ2v) is 5.07. The first-order valence-electron chi connectivity index (χ1n) is 7.69. The average Bonchev–Trinajstić information content (AvgIpc) is 2.56. The Morgan fingerprint density at radius 1 is 1.14 bits per heavy atom. The Hall–Kier alpha value is -2.43. The molecule has 0 unspecified atom stereocenters. The lowest BCUT2D eigenvalue weighted by Gasteiger charge is -2.08. The lowest BCUT2D eigenvalue weighted by molar-refractivity contribution is 0.0948. The number of carbonyl (C=O) groups excluding carboxylic acids is 1. The molecule has 2 rings (SSSR count). The molecule has 0 saturated heterocycles. The van der Waals surface area contributed by atoms with E-state index in [1.54, 1.807) is 6.07 Å². The minimum absolute atomic E-state index is 0.166. The highest BCUT2D eigenvalue weighted by Gasteiger charge is 2.08. The minimum Gasteiger partial charge on any atom is -0.351 e. The number of amides is 1.